The molecule has 0 aliphatic carbocycles. The van der Waals surface area contributed by atoms with Gasteiger partial charge in [0.2, 0.25) is 0 Å². The highest BCUT2D eigenvalue weighted by Gasteiger charge is 2.02. The molecule has 6 nitrogen and oxygen atoms in total. The lowest BCUT2D eigenvalue weighted by Gasteiger charge is -2.06. The summed E-state index contributed by atoms with van der Waals surface area (Å²) in [6.07, 6.45) is 5.80. The summed E-state index contributed by atoms with van der Waals surface area (Å²) < 4.78 is 3.32. The molecular weight excluding hydrogens is 218 g/mol. The number of nitrogens with zero attached hydrogens (tertiary/aromatic N) is 4. The summed E-state index contributed by atoms with van der Waals surface area (Å²) in [7, 11) is 3.60. The summed E-state index contributed by atoms with van der Waals surface area (Å²) in [5, 5.41) is 7.12. The average molecular weight is 233 g/mol. The zero-order chi connectivity index (χ0) is 12.3. The molecule has 2 aromatic heterocycles. The number of hydrogen-bond donors (Lipinski definition) is 1. The summed E-state index contributed by atoms with van der Waals surface area (Å²) in [6.45, 7) is 0.659. The highest BCUT2D eigenvalue weighted by atomic mass is 16.1. The topological polar surface area (TPSA) is 64.7 Å². The highest BCUT2D eigenvalue weighted by Crippen LogP contribution is 1.98. The van der Waals surface area contributed by atoms with Crippen molar-refractivity contribution in [3.63, 3.8) is 0 Å². The van der Waals surface area contributed by atoms with Gasteiger partial charge in [-0.25, -0.2) is 4.98 Å². The second-order valence-corrected chi connectivity index (χ2v) is 3.81. The lowest BCUT2D eigenvalue weighted by Crippen LogP contribution is -2.23. The molecule has 2 aromatic rings. The van der Waals surface area contributed by atoms with Crippen molar-refractivity contribution in [2.75, 3.05) is 11.9 Å². The Morgan fingerprint density at radius 2 is 2.18 bits per heavy atom. The van der Waals surface area contributed by atoms with Crippen LogP contribution in [0, 0.1) is 0 Å². The lowest BCUT2D eigenvalue weighted by atomic mass is 10.3. The van der Waals surface area contributed by atoms with Gasteiger partial charge in [0, 0.05) is 51.3 Å². The third-order valence-corrected chi connectivity index (χ3v) is 2.61. The van der Waals surface area contributed by atoms with E-state index in [9.17, 15) is 4.79 Å². The zero-order valence-electron chi connectivity index (χ0n) is 9.92. The maximum Gasteiger partial charge on any atom is 0.293 e. The van der Waals surface area contributed by atoms with Gasteiger partial charge in [-0.05, 0) is 6.07 Å². The van der Waals surface area contributed by atoms with Crippen molar-refractivity contribution in [2.45, 2.75) is 6.42 Å². The van der Waals surface area contributed by atoms with E-state index in [0.29, 0.717) is 12.4 Å². The normalized spacial score (nSPS) is 10.5. The summed E-state index contributed by atoms with van der Waals surface area (Å²) in [4.78, 5) is 15.7. The van der Waals surface area contributed by atoms with Crippen LogP contribution in [-0.4, -0.2) is 25.9 Å². The van der Waals surface area contributed by atoms with Crippen molar-refractivity contribution in [3.05, 3.63) is 40.7 Å². The molecule has 0 spiro atoms. The van der Waals surface area contributed by atoms with Crippen LogP contribution in [0.4, 0.5) is 5.82 Å². The molecule has 90 valence electrons. The van der Waals surface area contributed by atoms with Crippen LogP contribution < -0.4 is 10.9 Å². The van der Waals surface area contributed by atoms with Crippen LogP contribution in [0.2, 0.25) is 0 Å². The highest BCUT2D eigenvalue weighted by molar-refractivity contribution is 5.30. The van der Waals surface area contributed by atoms with Crippen LogP contribution >= 0.6 is 0 Å². The average Bonchev–Trinajstić information content (AvgIpc) is 2.71. The molecule has 6 heteroatoms. The van der Waals surface area contributed by atoms with Crippen molar-refractivity contribution in [2.24, 2.45) is 14.1 Å². The zero-order valence-corrected chi connectivity index (χ0v) is 9.92. The minimum Gasteiger partial charge on any atom is -0.365 e. The number of aryl methyl sites for hydroxylation is 2. The lowest BCUT2D eigenvalue weighted by molar-refractivity contribution is 0.710. The van der Waals surface area contributed by atoms with Crippen LogP contribution in [0.25, 0.3) is 0 Å². The standard InChI is InChI=1S/C11H15N5O/c1-15-8-7-13-10(11(15)17)12-5-3-9-4-6-14-16(9)2/h4,6-8H,3,5H2,1-2H3,(H,12,13). The SMILES string of the molecule is Cn1nccc1CCNc1nccn(C)c1=O. The first-order chi connectivity index (χ1) is 8.18. The molecule has 0 atom stereocenters. The van der Waals surface area contributed by atoms with E-state index in [1.54, 1.807) is 25.6 Å². The molecule has 2 heterocycles. The summed E-state index contributed by atoms with van der Waals surface area (Å²) in [5.41, 5.74) is 1.00. The Morgan fingerprint density at radius 1 is 1.35 bits per heavy atom. The monoisotopic (exact) mass is 233 g/mol. The first-order valence-corrected chi connectivity index (χ1v) is 5.41. The van der Waals surface area contributed by atoms with Gasteiger partial charge in [0.15, 0.2) is 5.82 Å². The molecule has 2 rings (SSSR count). The van der Waals surface area contributed by atoms with Crippen LogP contribution in [0.5, 0.6) is 0 Å². The Bertz CT molecular complexity index is 557. The van der Waals surface area contributed by atoms with Crippen molar-refractivity contribution < 1.29 is 0 Å². The third kappa shape index (κ3) is 2.52. The van der Waals surface area contributed by atoms with Crippen LogP contribution in [0.15, 0.2) is 29.5 Å². The molecule has 1 N–H and O–H groups in total. The fourth-order valence-corrected chi connectivity index (χ4v) is 1.57. The van der Waals surface area contributed by atoms with E-state index in [4.69, 9.17) is 0 Å². The first-order valence-electron chi connectivity index (χ1n) is 5.41. The quantitative estimate of drug-likeness (QED) is 0.817. The van der Waals surface area contributed by atoms with Gasteiger partial charge < -0.3 is 9.88 Å². The Hall–Kier alpha value is -2.11. The maximum atomic E-state index is 11.6. The van der Waals surface area contributed by atoms with Crippen LogP contribution in [0.1, 0.15) is 5.69 Å². The van der Waals surface area contributed by atoms with Gasteiger partial charge in [-0.3, -0.25) is 9.48 Å². The number of anilines is 1. The summed E-state index contributed by atoms with van der Waals surface area (Å²) in [5.74, 6) is 0.386. The Balaban J connectivity index is 1.97. The van der Waals surface area contributed by atoms with Gasteiger partial charge in [0.25, 0.3) is 5.56 Å². The number of hydrogen-bond acceptors (Lipinski definition) is 4. The molecule has 0 fully saturated rings. The predicted octanol–water partition coefficient (Wildman–Crippen LogP) is 0.168. The van der Waals surface area contributed by atoms with Crippen molar-refractivity contribution in [1.82, 2.24) is 19.3 Å². The van der Waals surface area contributed by atoms with Crippen LogP contribution in [-0.2, 0) is 20.5 Å². The molecule has 0 unspecified atom stereocenters. The molecular formula is C11H15N5O. The molecule has 0 saturated carbocycles. The third-order valence-electron chi connectivity index (χ3n) is 2.61. The van der Waals surface area contributed by atoms with E-state index in [1.807, 2.05) is 17.8 Å². The van der Waals surface area contributed by atoms with Crippen molar-refractivity contribution >= 4 is 5.82 Å². The van der Waals surface area contributed by atoms with Gasteiger partial charge in [-0.1, -0.05) is 0 Å². The molecule has 0 bridgehead atoms. The van der Waals surface area contributed by atoms with E-state index >= 15 is 0 Å². The molecule has 0 aliphatic rings. The van der Waals surface area contributed by atoms with Gasteiger partial charge in [0.1, 0.15) is 0 Å². The molecule has 0 aromatic carbocycles. The fraction of sp³-hybridized carbons (Fsp3) is 0.364. The van der Waals surface area contributed by atoms with Gasteiger partial charge in [-0.2, -0.15) is 5.10 Å². The van der Waals surface area contributed by atoms with E-state index in [2.05, 4.69) is 15.4 Å². The Labute approximate surface area is 98.9 Å². The van der Waals surface area contributed by atoms with E-state index < -0.39 is 0 Å². The Morgan fingerprint density at radius 3 is 2.88 bits per heavy atom. The fourth-order valence-electron chi connectivity index (χ4n) is 1.57. The largest absolute Gasteiger partial charge is 0.365 e. The van der Waals surface area contributed by atoms with Crippen LogP contribution in [0.3, 0.4) is 0 Å². The maximum absolute atomic E-state index is 11.6. The van der Waals surface area contributed by atoms with Gasteiger partial charge >= 0.3 is 0 Å². The molecule has 0 saturated heterocycles. The molecule has 17 heavy (non-hydrogen) atoms. The van der Waals surface area contributed by atoms with Gasteiger partial charge in [-0.15, -0.1) is 0 Å². The predicted molar refractivity (Wildman–Crippen MR) is 64.9 cm³/mol. The van der Waals surface area contributed by atoms with Crippen molar-refractivity contribution in [1.29, 1.82) is 0 Å². The van der Waals surface area contributed by atoms with E-state index in [-0.39, 0.29) is 5.56 Å². The summed E-state index contributed by atoms with van der Waals surface area (Å²) >= 11 is 0. The minimum absolute atomic E-state index is 0.113. The van der Waals surface area contributed by atoms with Crippen molar-refractivity contribution in [3.8, 4) is 0 Å². The summed E-state index contributed by atoms with van der Waals surface area (Å²) in [6, 6.07) is 1.96. The number of rotatable bonds is 4. The van der Waals surface area contributed by atoms with E-state index in [1.165, 1.54) is 4.57 Å². The smallest absolute Gasteiger partial charge is 0.293 e. The second-order valence-electron chi connectivity index (χ2n) is 3.81. The Kier molecular flexibility index (Phi) is 3.22. The first kappa shape index (κ1) is 11.4. The number of aromatic nitrogens is 4. The second kappa shape index (κ2) is 4.82. The number of nitrogens with one attached hydrogen (secondary N) is 1. The van der Waals surface area contributed by atoms with Gasteiger partial charge in [0.05, 0.1) is 0 Å². The van der Waals surface area contributed by atoms with E-state index in [0.717, 1.165) is 12.1 Å². The minimum atomic E-state index is -0.113. The molecule has 0 aliphatic heterocycles. The molecule has 0 amide bonds. The molecule has 0 radical (unpaired) electrons.